The standard InChI is InChI=1S/C30H30Cl2FN5O2S/c1-37-13-15-38(16-14-37)12-4-11-34-25-18-24(36-30(40)28-27(32)21-5-2-3-6-26(21)41-28)22(17-23(25)33)29(39)35-20-9-7-19(31)8-10-20/h2-3,5-10,17-18,34H,4,11-16H2,1H3,(H,35,39)(H,36,40). The number of nitrogens with zero attached hydrogens (tertiary/aromatic N) is 2. The van der Waals surface area contributed by atoms with Gasteiger partial charge < -0.3 is 25.8 Å². The Morgan fingerprint density at radius 3 is 2.39 bits per heavy atom. The van der Waals surface area contributed by atoms with Gasteiger partial charge in [-0.15, -0.1) is 11.3 Å². The summed E-state index contributed by atoms with van der Waals surface area (Å²) in [5, 5.41) is 10.3. The number of piperazine rings is 1. The van der Waals surface area contributed by atoms with Gasteiger partial charge in [-0.1, -0.05) is 41.4 Å². The molecule has 1 aromatic heterocycles. The summed E-state index contributed by atoms with van der Waals surface area (Å²) in [5.41, 5.74) is 0.823. The lowest BCUT2D eigenvalue weighted by Crippen LogP contribution is -2.44. The number of hydrogen-bond donors (Lipinski definition) is 3. The highest BCUT2D eigenvalue weighted by atomic mass is 35.5. The molecule has 4 aromatic rings. The van der Waals surface area contributed by atoms with Crippen molar-refractivity contribution in [2.75, 3.05) is 62.3 Å². The predicted octanol–water partition coefficient (Wildman–Crippen LogP) is 6.90. The highest BCUT2D eigenvalue weighted by Gasteiger charge is 2.22. The predicted molar refractivity (Wildman–Crippen MR) is 168 cm³/mol. The van der Waals surface area contributed by atoms with Crippen LogP contribution in [-0.4, -0.2) is 67.9 Å². The van der Waals surface area contributed by atoms with E-state index in [2.05, 4.69) is 32.8 Å². The zero-order chi connectivity index (χ0) is 28.9. The van der Waals surface area contributed by atoms with E-state index in [1.807, 2.05) is 24.3 Å². The molecule has 1 fully saturated rings. The Bertz CT molecular complexity index is 1550. The third-order valence-corrected chi connectivity index (χ3v) is 8.93. The number of rotatable bonds is 9. The number of benzene rings is 3. The van der Waals surface area contributed by atoms with Crippen LogP contribution in [0.15, 0.2) is 60.7 Å². The van der Waals surface area contributed by atoms with Crippen molar-refractivity contribution in [2.45, 2.75) is 6.42 Å². The number of hydrogen-bond acceptors (Lipinski definition) is 6. The molecule has 214 valence electrons. The SMILES string of the molecule is CN1CCN(CCCNc2cc(NC(=O)c3sc4ccccc4c3Cl)c(C(=O)Nc3ccc(Cl)cc3)cc2F)CC1. The zero-order valence-corrected chi connectivity index (χ0v) is 24.8. The molecule has 1 aliphatic heterocycles. The lowest BCUT2D eigenvalue weighted by atomic mass is 10.1. The Hall–Kier alpha value is -3.21. The smallest absolute Gasteiger partial charge is 0.267 e. The summed E-state index contributed by atoms with van der Waals surface area (Å²) >= 11 is 13.7. The summed E-state index contributed by atoms with van der Waals surface area (Å²) in [6, 6.07) is 16.6. The van der Waals surface area contributed by atoms with Gasteiger partial charge in [-0.05, 0) is 62.5 Å². The fourth-order valence-electron chi connectivity index (χ4n) is 4.67. The van der Waals surface area contributed by atoms with Crippen LogP contribution < -0.4 is 16.0 Å². The Morgan fingerprint density at radius 1 is 0.927 bits per heavy atom. The number of carbonyl (C=O) groups excluding carboxylic acids is 2. The topological polar surface area (TPSA) is 76.7 Å². The van der Waals surface area contributed by atoms with Gasteiger partial charge in [0.25, 0.3) is 11.8 Å². The molecule has 5 rings (SSSR count). The summed E-state index contributed by atoms with van der Waals surface area (Å²) in [7, 11) is 2.12. The van der Waals surface area contributed by atoms with E-state index in [0.29, 0.717) is 27.2 Å². The van der Waals surface area contributed by atoms with Gasteiger partial charge in [0.15, 0.2) is 0 Å². The Labute approximate surface area is 252 Å². The molecule has 7 nitrogen and oxygen atoms in total. The molecule has 41 heavy (non-hydrogen) atoms. The van der Waals surface area contributed by atoms with E-state index in [9.17, 15) is 9.59 Å². The van der Waals surface area contributed by atoms with Gasteiger partial charge in [-0.2, -0.15) is 0 Å². The maximum Gasteiger partial charge on any atom is 0.267 e. The van der Waals surface area contributed by atoms with Gasteiger partial charge in [0, 0.05) is 53.5 Å². The maximum atomic E-state index is 15.3. The largest absolute Gasteiger partial charge is 0.383 e. The van der Waals surface area contributed by atoms with E-state index in [1.54, 1.807) is 24.3 Å². The lowest BCUT2D eigenvalue weighted by molar-refractivity contribution is 0.102. The van der Waals surface area contributed by atoms with E-state index < -0.39 is 17.6 Å². The van der Waals surface area contributed by atoms with E-state index in [4.69, 9.17) is 23.2 Å². The molecule has 0 unspecified atom stereocenters. The van der Waals surface area contributed by atoms with E-state index >= 15 is 4.39 Å². The first kappa shape index (κ1) is 29.3. The van der Waals surface area contributed by atoms with Gasteiger partial charge in [0.2, 0.25) is 0 Å². The van der Waals surface area contributed by atoms with Gasteiger partial charge >= 0.3 is 0 Å². The molecule has 1 aliphatic rings. The number of carbonyl (C=O) groups is 2. The van der Waals surface area contributed by atoms with Crippen molar-refractivity contribution in [1.29, 1.82) is 0 Å². The third-order valence-electron chi connectivity index (χ3n) is 7.01. The highest BCUT2D eigenvalue weighted by molar-refractivity contribution is 7.21. The minimum absolute atomic E-state index is 0.0222. The molecule has 0 spiro atoms. The Morgan fingerprint density at radius 2 is 1.66 bits per heavy atom. The summed E-state index contributed by atoms with van der Waals surface area (Å²) in [6.45, 7) is 5.54. The average molecular weight is 615 g/mol. The molecule has 3 N–H and O–H groups in total. The number of nitrogens with one attached hydrogen (secondary N) is 3. The van der Waals surface area contributed by atoms with Crippen molar-refractivity contribution in [3.63, 3.8) is 0 Å². The molecular formula is C30H30Cl2FN5O2S. The van der Waals surface area contributed by atoms with Crippen LogP contribution in [0.4, 0.5) is 21.5 Å². The van der Waals surface area contributed by atoms with Crippen LogP contribution in [0.25, 0.3) is 10.1 Å². The van der Waals surface area contributed by atoms with Gasteiger partial charge in [0.05, 0.1) is 22.0 Å². The molecule has 3 aromatic carbocycles. The van der Waals surface area contributed by atoms with Crippen LogP contribution in [0.1, 0.15) is 26.5 Å². The molecule has 0 radical (unpaired) electrons. The zero-order valence-electron chi connectivity index (χ0n) is 22.5. The first-order chi connectivity index (χ1) is 19.8. The highest BCUT2D eigenvalue weighted by Crippen LogP contribution is 2.36. The number of fused-ring (bicyclic) bond motifs is 1. The first-order valence-electron chi connectivity index (χ1n) is 13.3. The number of amides is 2. The van der Waals surface area contributed by atoms with Crippen molar-refractivity contribution in [1.82, 2.24) is 9.80 Å². The summed E-state index contributed by atoms with van der Waals surface area (Å²) in [6.07, 6.45) is 0.820. The molecule has 0 saturated carbocycles. The Kier molecular flexibility index (Phi) is 9.42. The number of halogens is 3. The fourth-order valence-corrected chi connectivity index (χ4v) is 6.21. The van der Waals surface area contributed by atoms with Crippen molar-refractivity contribution in [3.8, 4) is 0 Å². The van der Waals surface area contributed by atoms with Crippen LogP contribution in [0, 0.1) is 5.82 Å². The summed E-state index contributed by atoms with van der Waals surface area (Å²) < 4.78 is 16.1. The van der Waals surface area contributed by atoms with Crippen molar-refractivity contribution in [2.24, 2.45) is 0 Å². The van der Waals surface area contributed by atoms with E-state index in [1.165, 1.54) is 17.4 Å². The average Bonchev–Trinajstić information content (AvgIpc) is 3.31. The second-order valence-corrected chi connectivity index (χ2v) is 11.8. The van der Waals surface area contributed by atoms with E-state index in [0.717, 1.165) is 55.3 Å². The fraction of sp³-hybridized carbons (Fsp3) is 0.267. The summed E-state index contributed by atoms with van der Waals surface area (Å²) in [4.78, 5) is 31.6. The van der Waals surface area contributed by atoms with Crippen LogP contribution in [0.2, 0.25) is 10.0 Å². The van der Waals surface area contributed by atoms with Crippen LogP contribution in [-0.2, 0) is 0 Å². The first-order valence-corrected chi connectivity index (χ1v) is 14.9. The molecule has 2 amide bonds. The van der Waals surface area contributed by atoms with E-state index in [-0.39, 0.29) is 16.9 Å². The van der Waals surface area contributed by atoms with Gasteiger partial charge in [-0.3, -0.25) is 9.59 Å². The minimum atomic E-state index is -0.594. The molecule has 0 atom stereocenters. The normalized spacial score (nSPS) is 14.2. The summed E-state index contributed by atoms with van der Waals surface area (Å²) in [5.74, 6) is -1.65. The molecular weight excluding hydrogens is 584 g/mol. The minimum Gasteiger partial charge on any atom is -0.383 e. The molecule has 2 heterocycles. The van der Waals surface area contributed by atoms with Crippen molar-refractivity contribution < 1.29 is 14.0 Å². The van der Waals surface area contributed by atoms with Crippen molar-refractivity contribution >= 4 is 73.5 Å². The van der Waals surface area contributed by atoms with Crippen LogP contribution in [0.5, 0.6) is 0 Å². The van der Waals surface area contributed by atoms with Gasteiger partial charge in [0.1, 0.15) is 10.7 Å². The Balaban J connectivity index is 1.36. The molecule has 0 aliphatic carbocycles. The van der Waals surface area contributed by atoms with Crippen LogP contribution in [0.3, 0.4) is 0 Å². The molecule has 0 bridgehead atoms. The maximum absolute atomic E-state index is 15.3. The lowest BCUT2D eigenvalue weighted by Gasteiger charge is -2.32. The second kappa shape index (κ2) is 13.2. The number of anilines is 3. The molecule has 1 saturated heterocycles. The number of thiophene rings is 1. The monoisotopic (exact) mass is 613 g/mol. The number of likely N-dealkylation sites (N-methyl/N-ethyl adjacent to an activating group) is 1. The molecule has 11 heteroatoms. The van der Waals surface area contributed by atoms with Gasteiger partial charge in [-0.25, -0.2) is 4.39 Å². The second-order valence-electron chi connectivity index (χ2n) is 9.96. The quantitative estimate of drug-likeness (QED) is 0.179. The van der Waals surface area contributed by atoms with Crippen LogP contribution >= 0.6 is 34.5 Å². The third kappa shape index (κ3) is 7.17. The van der Waals surface area contributed by atoms with Crippen molar-refractivity contribution in [3.05, 3.63) is 87.0 Å².